The van der Waals surface area contributed by atoms with Crippen LogP contribution in [0.25, 0.3) is 22.3 Å². The summed E-state index contributed by atoms with van der Waals surface area (Å²) in [5.41, 5.74) is 16.6. The molecule has 53 heavy (non-hydrogen) atoms. The van der Waals surface area contributed by atoms with Gasteiger partial charge in [-0.3, -0.25) is 4.90 Å². The fourth-order valence-electron chi connectivity index (χ4n) is 8.53. The van der Waals surface area contributed by atoms with Gasteiger partial charge in [-0.05, 0) is 115 Å². The van der Waals surface area contributed by atoms with Gasteiger partial charge in [0, 0.05) is 47.3 Å². The van der Waals surface area contributed by atoms with Crippen molar-refractivity contribution in [1.82, 2.24) is 19.9 Å². The molecule has 0 saturated heterocycles. The van der Waals surface area contributed by atoms with Crippen molar-refractivity contribution in [2.75, 3.05) is 4.90 Å². The third-order valence-electron chi connectivity index (χ3n) is 12.2. The van der Waals surface area contributed by atoms with Crippen molar-refractivity contribution in [2.45, 2.75) is 134 Å². The SMILES string of the molecule is CCCCc1ccc(-c2cnc(N(c3ccc(C4CCCCC4)cc3)c3ccc(C4CCCCC4)cc3)nc2)c(-c2cnc(C(N)(CC)CC)nc2)c1. The molecule has 0 radical (unpaired) electrons. The van der Waals surface area contributed by atoms with Crippen LogP contribution in [0.1, 0.15) is 145 Å². The van der Waals surface area contributed by atoms with E-state index in [4.69, 9.17) is 25.7 Å². The minimum absolute atomic E-state index is 0.522. The molecule has 2 saturated carbocycles. The lowest BCUT2D eigenvalue weighted by Gasteiger charge is -2.26. The maximum atomic E-state index is 6.67. The van der Waals surface area contributed by atoms with Crippen LogP contribution >= 0.6 is 0 Å². The molecule has 7 rings (SSSR count). The Morgan fingerprint density at radius 1 is 0.604 bits per heavy atom. The van der Waals surface area contributed by atoms with Crippen molar-refractivity contribution in [1.29, 1.82) is 0 Å². The molecule has 3 aromatic carbocycles. The highest BCUT2D eigenvalue weighted by molar-refractivity contribution is 5.83. The average Bonchev–Trinajstić information content (AvgIpc) is 3.24. The van der Waals surface area contributed by atoms with Crippen molar-refractivity contribution in [2.24, 2.45) is 5.73 Å². The van der Waals surface area contributed by atoms with Gasteiger partial charge in [-0.15, -0.1) is 0 Å². The number of nitrogens with zero attached hydrogens (tertiary/aromatic N) is 5. The fourth-order valence-corrected chi connectivity index (χ4v) is 8.53. The van der Waals surface area contributed by atoms with E-state index < -0.39 is 5.54 Å². The monoisotopic (exact) mass is 706 g/mol. The molecule has 6 nitrogen and oxygen atoms in total. The quantitative estimate of drug-likeness (QED) is 0.131. The van der Waals surface area contributed by atoms with Gasteiger partial charge in [0.25, 0.3) is 0 Å². The summed E-state index contributed by atoms with van der Waals surface area (Å²) in [7, 11) is 0. The number of benzene rings is 3. The highest BCUT2D eigenvalue weighted by atomic mass is 15.3. The third-order valence-corrected chi connectivity index (χ3v) is 12.2. The maximum absolute atomic E-state index is 6.67. The number of hydrogen-bond acceptors (Lipinski definition) is 6. The number of hydrogen-bond donors (Lipinski definition) is 1. The van der Waals surface area contributed by atoms with E-state index in [0.717, 1.165) is 65.7 Å². The topological polar surface area (TPSA) is 80.8 Å². The van der Waals surface area contributed by atoms with Crippen LogP contribution in [0, 0.1) is 0 Å². The Kier molecular flexibility index (Phi) is 11.9. The van der Waals surface area contributed by atoms with E-state index >= 15 is 0 Å². The predicted octanol–water partition coefficient (Wildman–Crippen LogP) is 12.5. The lowest BCUT2D eigenvalue weighted by molar-refractivity contribution is 0.387. The van der Waals surface area contributed by atoms with Gasteiger partial charge in [0.05, 0.1) is 5.54 Å². The van der Waals surface area contributed by atoms with E-state index in [-0.39, 0.29) is 0 Å². The Labute approximate surface area is 317 Å². The van der Waals surface area contributed by atoms with Gasteiger partial charge in [0.2, 0.25) is 5.95 Å². The first-order valence-electron chi connectivity index (χ1n) is 20.6. The summed E-state index contributed by atoms with van der Waals surface area (Å²) in [6.07, 6.45) is 25.9. The van der Waals surface area contributed by atoms with Crippen molar-refractivity contribution < 1.29 is 0 Å². The number of aromatic nitrogens is 4. The van der Waals surface area contributed by atoms with E-state index in [2.05, 4.69) is 92.4 Å². The van der Waals surface area contributed by atoms with Crippen LogP contribution in [0.3, 0.4) is 0 Å². The Balaban J connectivity index is 1.23. The van der Waals surface area contributed by atoms with Crippen LogP contribution in [0.2, 0.25) is 0 Å². The minimum Gasteiger partial charge on any atom is -0.319 e. The zero-order chi connectivity index (χ0) is 36.6. The molecule has 0 amide bonds. The molecule has 2 aromatic heterocycles. The molecular formula is C47H58N6. The molecule has 2 N–H and O–H groups in total. The van der Waals surface area contributed by atoms with E-state index in [1.54, 1.807) is 0 Å². The molecular weight excluding hydrogens is 649 g/mol. The van der Waals surface area contributed by atoms with Crippen molar-refractivity contribution in [3.63, 3.8) is 0 Å². The molecule has 0 atom stereocenters. The zero-order valence-electron chi connectivity index (χ0n) is 32.2. The van der Waals surface area contributed by atoms with E-state index in [0.29, 0.717) is 23.6 Å². The summed E-state index contributed by atoms with van der Waals surface area (Å²) >= 11 is 0. The van der Waals surface area contributed by atoms with E-state index in [9.17, 15) is 0 Å². The van der Waals surface area contributed by atoms with Gasteiger partial charge < -0.3 is 5.73 Å². The summed E-state index contributed by atoms with van der Waals surface area (Å²) in [5, 5.41) is 0. The third kappa shape index (κ3) is 8.38. The molecule has 0 bridgehead atoms. The first kappa shape index (κ1) is 36.9. The summed E-state index contributed by atoms with van der Waals surface area (Å²) in [6.45, 7) is 6.43. The Hall–Kier alpha value is -4.42. The molecule has 2 heterocycles. The minimum atomic E-state index is -0.522. The van der Waals surface area contributed by atoms with E-state index in [1.807, 2.05) is 24.8 Å². The normalized spacial score (nSPS) is 15.8. The molecule has 2 aliphatic carbocycles. The maximum Gasteiger partial charge on any atom is 0.234 e. The molecule has 0 aliphatic heterocycles. The van der Waals surface area contributed by atoms with Crippen LogP contribution in [-0.2, 0) is 12.0 Å². The average molecular weight is 707 g/mol. The summed E-state index contributed by atoms with van der Waals surface area (Å²) in [5.74, 6) is 2.69. The molecule has 2 fully saturated rings. The Morgan fingerprint density at radius 3 is 1.58 bits per heavy atom. The lowest BCUT2D eigenvalue weighted by Crippen LogP contribution is -2.37. The predicted molar refractivity (Wildman–Crippen MR) is 220 cm³/mol. The number of aryl methyl sites for hydroxylation is 1. The number of unbranched alkanes of at least 4 members (excludes halogenated alkanes) is 1. The summed E-state index contributed by atoms with van der Waals surface area (Å²) < 4.78 is 0. The second kappa shape index (κ2) is 17.2. The van der Waals surface area contributed by atoms with Gasteiger partial charge in [-0.25, -0.2) is 19.9 Å². The second-order valence-corrected chi connectivity index (χ2v) is 15.6. The summed E-state index contributed by atoms with van der Waals surface area (Å²) in [6, 6.07) is 25.1. The van der Waals surface area contributed by atoms with Gasteiger partial charge >= 0.3 is 0 Å². The lowest BCUT2D eigenvalue weighted by atomic mass is 9.84. The Morgan fingerprint density at radius 2 is 1.09 bits per heavy atom. The standard InChI is InChI=1S/C47H58N6/c1-4-7-14-34-19-28-43(44(29-34)40-30-49-45(50-31-40)47(48,5-2)6-3)39-32-51-46(52-33-39)53(41-24-20-37(21-25-41)35-15-10-8-11-16-35)42-26-22-38(23-27-42)36-17-12-9-13-18-36/h19-33,35-36H,4-18,48H2,1-3H3. The number of rotatable bonds is 13. The van der Waals surface area contributed by atoms with Crippen LogP contribution < -0.4 is 10.6 Å². The van der Waals surface area contributed by atoms with Crippen molar-refractivity contribution in [3.8, 4) is 22.3 Å². The fraction of sp³-hybridized carbons (Fsp3) is 0.447. The van der Waals surface area contributed by atoms with Crippen molar-refractivity contribution in [3.05, 3.63) is 114 Å². The number of nitrogens with two attached hydrogens (primary N) is 1. The molecule has 6 heteroatoms. The molecule has 0 spiro atoms. The van der Waals surface area contributed by atoms with Gasteiger partial charge in [-0.1, -0.05) is 108 Å². The van der Waals surface area contributed by atoms with Crippen molar-refractivity contribution >= 4 is 17.3 Å². The van der Waals surface area contributed by atoms with Crippen LogP contribution in [-0.4, -0.2) is 19.9 Å². The first-order chi connectivity index (χ1) is 26.0. The van der Waals surface area contributed by atoms with E-state index in [1.165, 1.54) is 80.9 Å². The van der Waals surface area contributed by atoms with Crippen LogP contribution in [0.4, 0.5) is 17.3 Å². The highest BCUT2D eigenvalue weighted by Gasteiger charge is 2.26. The van der Waals surface area contributed by atoms with Gasteiger partial charge in [-0.2, -0.15) is 0 Å². The second-order valence-electron chi connectivity index (χ2n) is 15.6. The summed E-state index contributed by atoms with van der Waals surface area (Å²) in [4.78, 5) is 22.0. The smallest absolute Gasteiger partial charge is 0.234 e. The molecule has 2 aliphatic rings. The zero-order valence-corrected chi connectivity index (χ0v) is 32.2. The highest BCUT2D eigenvalue weighted by Crippen LogP contribution is 2.40. The number of anilines is 3. The van der Waals surface area contributed by atoms with Gasteiger partial charge in [0.15, 0.2) is 0 Å². The molecule has 276 valence electrons. The van der Waals surface area contributed by atoms with Gasteiger partial charge in [0.1, 0.15) is 5.82 Å². The molecule has 0 unspecified atom stereocenters. The van der Waals surface area contributed by atoms with Crippen LogP contribution in [0.15, 0.2) is 91.5 Å². The molecule has 5 aromatic rings. The van der Waals surface area contributed by atoms with Crippen LogP contribution in [0.5, 0.6) is 0 Å². The first-order valence-corrected chi connectivity index (χ1v) is 20.6. The largest absolute Gasteiger partial charge is 0.319 e. The Bertz CT molecular complexity index is 1820.